The van der Waals surface area contributed by atoms with Crippen LogP contribution in [0.15, 0.2) is 6.20 Å². The lowest BCUT2D eigenvalue weighted by atomic mass is 10.3. The lowest BCUT2D eigenvalue weighted by molar-refractivity contribution is 1.05. The van der Waals surface area contributed by atoms with Crippen molar-refractivity contribution in [3.05, 3.63) is 24.5 Å². The molecule has 47 valence electrons. The third kappa shape index (κ3) is 1.16. The highest BCUT2D eigenvalue weighted by Crippen LogP contribution is 2.02. The minimum absolute atomic E-state index is 0.461. The molecule has 1 radical (unpaired) electrons. The van der Waals surface area contributed by atoms with Crippen LogP contribution >= 0.6 is 0 Å². The minimum atomic E-state index is 0.461. The summed E-state index contributed by atoms with van der Waals surface area (Å²) in [6.45, 7) is 5.40. The van der Waals surface area contributed by atoms with Gasteiger partial charge in [-0.15, -0.1) is 0 Å². The van der Waals surface area contributed by atoms with Crippen molar-refractivity contribution >= 4 is 5.82 Å². The van der Waals surface area contributed by atoms with Gasteiger partial charge in [0.15, 0.2) is 0 Å². The number of nitrogens with zero attached hydrogens (tertiary/aromatic N) is 2. The summed E-state index contributed by atoms with van der Waals surface area (Å²) in [5, 5.41) is 0. The topological polar surface area (TPSA) is 51.8 Å². The van der Waals surface area contributed by atoms with Gasteiger partial charge in [-0.3, -0.25) is 0 Å². The van der Waals surface area contributed by atoms with E-state index in [0.717, 1.165) is 0 Å². The Labute approximate surface area is 53.9 Å². The highest BCUT2D eigenvalue weighted by molar-refractivity contribution is 5.39. The molecule has 0 aliphatic rings. The maximum atomic E-state index is 5.41. The Hall–Kier alpha value is -1.12. The van der Waals surface area contributed by atoms with E-state index in [0.29, 0.717) is 17.2 Å². The van der Waals surface area contributed by atoms with Gasteiger partial charge in [-0.25, -0.2) is 9.97 Å². The van der Waals surface area contributed by atoms with Gasteiger partial charge in [0.2, 0.25) is 0 Å². The Morgan fingerprint density at radius 2 is 2.33 bits per heavy atom. The van der Waals surface area contributed by atoms with Crippen LogP contribution < -0.4 is 5.73 Å². The Balaban J connectivity index is 3.17. The molecule has 0 spiro atoms. The molecule has 0 aromatic carbocycles. The summed E-state index contributed by atoms with van der Waals surface area (Å²) in [5.41, 5.74) is 6.09. The number of hydrogen-bond acceptors (Lipinski definition) is 3. The van der Waals surface area contributed by atoms with E-state index in [9.17, 15) is 0 Å². The first-order valence-electron chi connectivity index (χ1n) is 2.61. The largest absolute Gasteiger partial charge is 0.383 e. The first-order valence-corrected chi connectivity index (χ1v) is 2.61. The first-order chi connectivity index (χ1) is 4.20. The summed E-state index contributed by atoms with van der Waals surface area (Å²) in [6, 6.07) is 0. The van der Waals surface area contributed by atoms with Crippen LogP contribution in [0, 0.1) is 13.8 Å². The van der Waals surface area contributed by atoms with Crippen LogP contribution in [0.3, 0.4) is 0 Å². The van der Waals surface area contributed by atoms with Crippen molar-refractivity contribution in [3.63, 3.8) is 0 Å². The summed E-state index contributed by atoms with van der Waals surface area (Å²) < 4.78 is 0. The molecule has 0 bridgehead atoms. The third-order valence-electron chi connectivity index (χ3n) is 1.02. The summed E-state index contributed by atoms with van der Waals surface area (Å²) in [5.74, 6) is 1.14. The normalized spacial score (nSPS) is 9.56. The van der Waals surface area contributed by atoms with Crippen LogP contribution in [0.1, 0.15) is 11.4 Å². The van der Waals surface area contributed by atoms with Crippen molar-refractivity contribution in [2.45, 2.75) is 6.92 Å². The van der Waals surface area contributed by atoms with Gasteiger partial charge in [0.05, 0.1) is 0 Å². The zero-order chi connectivity index (χ0) is 6.85. The highest BCUT2D eigenvalue weighted by atomic mass is 14.9. The number of rotatable bonds is 0. The summed E-state index contributed by atoms with van der Waals surface area (Å²) in [4.78, 5) is 7.76. The Kier molecular flexibility index (Phi) is 1.34. The quantitative estimate of drug-likeness (QED) is 0.546. The molecule has 1 aromatic rings. The zero-order valence-electron chi connectivity index (χ0n) is 5.26. The van der Waals surface area contributed by atoms with E-state index >= 15 is 0 Å². The van der Waals surface area contributed by atoms with E-state index < -0.39 is 0 Å². The average molecular weight is 122 g/mol. The Morgan fingerprint density at radius 3 is 2.78 bits per heavy atom. The second-order valence-electron chi connectivity index (χ2n) is 1.83. The maximum absolute atomic E-state index is 5.41. The first kappa shape index (κ1) is 6.01. The number of aryl methyl sites for hydroxylation is 1. The predicted molar refractivity (Wildman–Crippen MR) is 35.6 cm³/mol. The van der Waals surface area contributed by atoms with Crippen LogP contribution in [0.25, 0.3) is 0 Å². The van der Waals surface area contributed by atoms with Gasteiger partial charge >= 0.3 is 0 Å². The van der Waals surface area contributed by atoms with Crippen molar-refractivity contribution in [1.29, 1.82) is 0 Å². The third-order valence-corrected chi connectivity index (χ3v) is 1.02. The molecule has 2 N–H and O–H groups in total. The number of nitrogen functional groups attached to an aromatic ring is 1. The Bertz CT molecular complexity index is 220. The summed E-state index contributed by atoms with van der Waals surface area (Å²) in [7, 11) is 0. The van der Waals surface area contributed by atoms with E-state index in [4.69, 9.17) is 5.73 Å². The molecule has 0 unspecified atom stereocenters. The van der Waals surface area contributed by atoms with E-state index in [1.54, 1.807) is 13.1 Å². The van der Waals surface area contributed by atoms with Gasteiger partial charge in [0.25, 0.3) is 0 Å². The van der Waals surface area contributed by atoms with Crippen LogP contribution in [-0.2, 0) is 0 Å². The van der Waals surface area contributed by atoms with Crippen molar-refractivity contribution in [3.8, 4) is 0 Å². The van der Waals surface area contributed by atoms with Crippen molar-refractivity contribution in [1.82, 2.24) is 9.97 Å². The second kappa shape index (κ2) is 2.01. The van der Waals surface area contributed by atoms with E-state index in [-0.39, 0.29) is 0 Å². The van der Waals surface area contributed by atoms with Crippen LogP contribution in [0.5, 0.6) is 0 Å². The van der Waals surface area contributed by atoms with E-state index in [1.807, 2.05) is 0 Å². The number of anilines is 1. The molecule has 0 amide bonds. The van der Waals surface area contributed by atoms with Crippen molar-refractivity contribution in [2.24, 2.45) is 0 Å². The van der Waals surface area contributed by atoms with Gasteiger partial charge in [-0.05, 0) is 13.8 Å². The molecule has 1 rings (SSSR count). The standard InChI is InChI=1S/C6H8N3/c1-4-3-8-5(2)9-6(4)7/h3H,1H2,2H3,(H2,7,8,9). The number of hydrogen-bond donors (Lipinski definition) is 1. The molecule has 3 nitrogen and oxygen atoms in total. The molecular formula is C6H8N3. The molecule has 3 heteroatoms. The van der Waals surface area contributed by atoms with Crippen molar-refractivity contribution < 1.29 is 0 Å². The summed E-state index contributed by atoms with van der Waals surface area (Å²) >= 11 is 0. The predicted octanol–water partition coefficient (Wildman–Crippen LogP) is 0.549. The maximum Gasteiger partial charge on any atom is 0.130 e. The molecule has 0 saturated carbocycles. The van der Waals surface area contributed by atoms with Gasteiger partial charge in [0.1, 0.15) is 11.6 Å². The Morgan fingerprint density at radius 1 is 1.67 bits per heavy atom. The van der Waals surface area contributed by atoms with Gasteiger partial charge in [-0.2, -0.15) is 0 Å². The molecule has 0 saturated heterocycles. The fourth-order valence-corrected chi connectivity index (χ4v) is 0.512. The molecular weight excluding hydrogens is 114 g/mol. The van der Waals surface area contributed by atoms with E-state index in [1.165, 1.54) is 0 Å². The van der Waals surface area contributed by atoms with Crippen LogP contribution in [0.2, 0.25) is 0 Å². The van der Waals surface area contributed by atoms with Gasteiger partial charge in [-0.1, -0.05) is 0 Å². The molecule has 9 heavy (non-hydrogen) atoms. The smallest absolute Gasteiger partial charge is 0.130 e. The average Bonchev–Trinajstić information content (AvgIpc) is 1.80. The highest BCUT2D eigenvalue weighted by Gasteiger charge is 1.92. The zero-order valence-corrected chi connectivity index (χ0v) is 5.26. The second-order valence-corrected chi connectivity index (χ2v) is 1.83. The molecule has 0 aliphatic carbocycles. The minimum Gasteiger partial charge on any atom is -0.383 e. The van der Waals surface area contributed by atoms with Gasteiger partial charge in [0, 0.05) is 11.8 Å². The lowest BCUT2D eigenvalue weighted by Crippen LogP contribution is -1.97. The fourth-order valence-electron chi connectivity index (χ4n) is 0.512. The molecule has 0 aliphatic heterocycles. The lowest BCUT2D eigenvalue weighted by Gasteiger charge is -1.96. The molecule has 0 atom stereocenters. The number of aromatic nitrogens is 2. The molecule has 1 aromatic heterocycles. The molecule has 1 heterocycles. The van der Waals surface area contributed by atoms with Crippen LogP contribution in [-0.4, -0.2) is 9.97 Å². The number of nitrogens with two attached hydrogens (primary N) is 1. The SMILES string of the molecule is [CH2]c1cnc(C)nc1N. The van der Waals surface area contributed by atoms with Crippen LogP contribution in [0.4, 0.5) is 5.82 Å². The van der Waals surface area contributed by atoms with Crippen molar-refractivity contribution in [2.75, 3.05) is 5.73 Å². The summed E-state index contributed by atoms with van der Waals surface area (Å²) in [6.07, 6.45) is 1.61. The fraction of sp³-hybridized carbons (Fsp3) is 0.167. The molecule has 0 fully saturated rings. The monoisotopic (exact) mass is 122 g/mol. The van der Waals surface area contributed by atoms with E-state index in [2.05, 4.69) is 16.9 Å². The van der Waals surface area contributed by atoms with Gasteiger partial charge < -0.3 is 5.73 Å².